The third kappa shape index (κ3) is 11.0. The van der Waals surface area contributed by atoms with Crippen LogP contribution in [0.3, 0.4) is 0 Å². The van der Waals surface area contributed by atoms with Crippen molar-refractivity contribution in [3.8, 4) is 5.75 Å². The van der Waals surface area contributed by atoms with Gasteiger partial charge in [-0.15, -0.1) is 11.8 Å². The van der Waals surface area contributed by atoms with Crippen LogP contribution in [-0.4, -0.2) is 80.4 Å². The van der Waals surface area contributed by atoms with Gasteiger partial charge in [0.1, 0.15) is 24.2 Å². The molecule has 2 heterocycles. The molecule has 1 N–H and O–H groups in total. The van der Waals surface area contributed by atoms with Crippen LogP contribution in [0.2, 0.25) is 0 Å². The first kappa shape index (κ1) is 33.0. The summed E-state index contributed by atoms with van der Waals surface area (Å²) in [6, 6.07) is 7.94. The van der Waals surface area contributed by atoms with Crippen LogP contribution in [0, 0.1) is 5.92 Å². The van der Waals surface area contributed by atoms with E-state index in [1.165, 1.54) is 0 Å². The van der Waals surface area contributed by atoms with Crippen LogP contribution in [0.1, 0.15) is 70.6 Å². The van der Waals surface area contributed by atoms with Gasteiger partial charge in [-0.2, -0.15) is 0 Å². The molecule has 3 fully saturated rings. The number of carbonyl (C=O) groups is 2. The zero-order valence-electron chi connectivity index (χ0n) is 24.7. The summed E-state index contributed by atoms with van der Waals surface area (Å²) in [5.74, 6) is -0.303. The first-order valence-electron chi connectivity index (χ1n) is 15.3. The number of Topliss-reactive ketones (excluding diaryl/α,β-unsaturated/α-hetero) is 1. The first-order chi connectivity index (χ1) is 20.5. The number of rotatable bonds is 17. The number of hydrogen-bond acceptors (Lipinski definition) is 9. The van der Waals surface area contributed by atoms with Gasteiger partial charge in [-0.1, -0.05) is 12.2 Å². The highest BCUT2D eigenvalue weighted by molar-refractivity contribution is 7.98. The fourth-order valence-electron chi connectivity index (χ4n) is 5.51. The summed E-state index contributed by atoms with van der Waals surface area (Å²) in [6.07, 6.45) is 11.9. The lowest BCUT2D eigenvalue weighted by atomic mass is 9.99. The predicted octanol–water partition coefficient (Wildman–Crippen LogP) is 5.79. The van der Waals surface area contributed by atoms with Crippen molar-refractivity contribution in [3.05, 3.63) is 36.4 Å². The zero-order chi connectivity index (χ0) is 29.6. The molecule has 42 heavy (non-hydrogen) atoms. The van der Waals surface area contributed by atoms with E-state index in [-0.39, 0.29) is 50.3 Å². The maximum Gasteiger partial charge on any atom is 0.303 e. The van der Waals surface area contributed by atoms with Gasteiger partial charge < -0.3 is 33.5 Å². The highest BCUT2D eigenvalue weighted by Crippen LogP contribution is 2.33. The lowest BCUT2D eigenvalue weighted by Gasteiger charge is -2.32. The van der Waals surface area contributed by atoms with Crippen LogP contribution in [-0.2, 0) is 33.3 Å². The summed E-state index contributed by atoms with van der Waals surface area (Å²) >= 11 is 1.68. The van der Waals surface area contributed by atoms with Crippen LogP contribution in [0.4, 0.5) is 0 Å². The number of aliphatic carboxylic acids is 1. The Kier molecular flexibility index (Phi) is 14.1. The van der Waals surface area contributed by atoms with Gasteiger partial charge in [-0.25, -0.2) is 0 Å². The van der Waals surface area contributed by atoms with Gasteiger partial charge in [0.15, 0.2) is 12.6 Å². The summed E-state index contributed by atoms with van der Waals surface area (Å²) in [5.41, 5.74) is 0. The number of carbonyl (C=O) groups excluding carboxylic acids is 1. The molecule has 3 aliphatic rings. The fourth-order valence-corrected chi connectivity index (χ4v) is 5.92. The van der Waals surface area contributed by atoms with E-state index in [0.717, 1.165) is 49.2 Å². The Morgan fingerprint density at radius 1 is 1.05 bits per heavy atom. The van der Waals surface area contributed by atoms with Crippen LogP contribution in [0.15, 0.2) is 41.3 Å². The molecule has 1 saturated carbocycles. The molecule has 1 aliphatic carbocycles. The number of hydrogen-bond donors (Lipinski definition) is 1. The lowest BCUT2D eigenvalue weighted by molar-refractivity contribution is -0.226. The standard InChI is InChI=1S/C32H46O9S/c1-42-25-16-14-23(15-17-25)38-21-24(40-30-12-6-8-18-36-30)22-39-32-26(10-4-2-3-5-11-29(34)35)27(33)20-28(32)41-31-13-7-9-19-37-31/h2,4,14-17,24,26,28,30-32H,3,5-13,18-22H2,1H3,(H,34,35)/b4-2+. The average Bonchev–Trinajstić information content (AvgIpc) is 3.30. The SMILES string of the molecule is CSc1ccc(OCC(COC2C(OC3CCCCO3)CC(=O)C2C/C=C/CCCC(=O)O)OC2CCCCO2)cc1. The number of carboxylic acid groups (broad SMARTS) is 1. The van der Waals surface area contributed by atoms with Crippen molar-refractivity contribution in [2.45, 2.75) is 106 Å². The van der Waals surface area contributed by atoms with E-state index in [4.69, 9.17) is 33.5 Å². The lowest BCUT2D eigenvalue weighted by Crippen LogP contribution is -2.40. The van der Waals surface area contributed by atoms with Crippen molar-refractivity contribution in [3.63, 3.8) is 0 Å². The van der Waals surface area contributed by atoms with E-state index in [2.05, 4.69) is 0 Å². The minimum Gasteiger partial charge on any atom is -0.491 e. The van der Waals surface area contributed by atoms with Crippen LogP contribution in [0.5, 0.6) is 5.75 Å². The van der Waals surface area contributed by atoms with Gasteiger partial charge in [0.25, 0.3) is 0 Å². The van der Waals surface area contributed by atoms with Gasteiger partial charge in [-0.3, -0.25) is 9.59 Å². The Hall–Kier alpha value is -1.95. The van der Waals surface area contributed by atoms with Crippen molar-refractivity contribution in [1.82, 2.24) is 0 Å². The molecule has 4 rings (SSSR count). The molecule has 1 aromatic rings. The second kappa shape index (κ2) is 18.0. The highest BCUT2D eigenvalue weighted by Gasteiger charge is 2.45. The molecule has 1 aromatic carbocycles. The van der Waals surface area contributed by atoms with Crippen molar-refractivity contribution in [2.75, 3.05) is 32.7 Å². The quantitative estimate of drug-likeness (QED) is 0.133. The molecule has 0 spiro atoms. The summed E-state index contributed by atoms with van der Waals surface area (Å²) in [6.45, 7) is 1.84. The van der Waals surface area contributed by atoms with Crippen molar-refractivity contribution >= 4 is 23.5 Å². The van der Waals surface area contributed by atoms with E-state index < -0.39 is 24.3 Å². The molecule has 6 atom stereocenters. The van der Waals surface area contributed by atoms with Crippen LogP contribution < -0.4 is 4.74 Å². The summed E-state index contributed by atoms with van der Waals surface area (Å²) < 4.78 is 36.9. The molecule has 0 radical (unpaired) electrons. The maximum atomic E-state index is 13.2. The minimum atomic E-state index is -0.802. The first-order valence-corrected chi connectivity index (χ1v) is 16.6. The average molecular weight is 607 g/mol. The maximum absolute atomic E-state index is 13.2. The second-order valence-electron chi connectivity index (χ2n) is 11.1. The number of ketones is 1. The highest BCUT2D eigenvalue weighted by atomic mass is 32.2. The number of unbranched alkanes of at least 4 members (excludes halogenated alkanes) is 1. The predicted molar refractivity (Wildman–Crippen MR) is 159 cm³/mol. The Balaban J connectivity index is 1.40. The Bertz CT molecular complexity index is 973. The number of allylic oxidation sites excluding steroid dienone is 2. The fraction of sp³-hybridized carbons (Fsp3) is 0.688. The van der Waals surface area contributed by atoms with E-state index >= 15 is 0 Å². The molecule has 10 heteroatoms. The molecular formula is C32H46O9S. The largest absolute Gasteiger partial charge is 0.491 e. The molecule has 9 nitrogen and oxygen atoms in total. The zero-order valence-corrected chi connectivity index (χ0v) is 25.5. The second-order valence-corrected chi connectivity index (χ2v) is 12.0. The molecule has 0 bridgehead atoms. The molecular weight excluding hydrogens is 560 g/mol. The van der Waals surface area contributed by atoms with Crippen LogP contribution in [0.25, 0.3) is 0 Å². The number of ether oxygens (including phenoxy) is 6. The Morgan fingerprint density at radius 2 is 1.79 bits per heavy atom. The molecule has 2 aliphatic heterocycles. The Morgan fingerprint density at radius 3 is 2.45 bits per heavy atom. The third-order valence-electron chi connectivity index (χ3n) is 7.81. The monoisotopic (exact) mass is 606 g/mol. The van der Waals surface area contributed by atoms with Gasteiger partial charge in [0, 0.05) is 31.0 Å². The summed E-state index contributed by atoms with van der Waals surface area (Å²) in [7, 11) is 0. The minimum absolute atomic E-state index is 0.106. The molecule has 6 unspecified atom stereocenters. The summed E-state index contributed by atoms with van der Waals surface area (Å²) in [5, 5.41) is 8.87. The van der Waals surface area contributed by atoms with Crippen molar-refractivity contribution in [1.29, 1.82) is 0 Å². The molecule has 0 amide bonds. The Labute approximate surface area is 253 Å². The van der Waals surface area contributed by atoms with Crippen molar-refractivity contribution < 1.29 is 43.1 Å². The van der Waals surface area contributed by atoms with E-state index in [0.29, 0.717) is 32.5 Å². The molecule has 234 valence electrons. The van der Waals surface area contributed by atoms with Gasteiger partial charge >= 0.3 is 5.97 Å². The number of carboxylic acids is 1. The number of benzene rings is 1. The number of thioether (sulfide) groups is 1. The topological polar surface area (TPSA) is 110 Å². The van der Waals surface area contributed by atoms with E-state index in [9.17, 15) is 9.59 Å². The van der Waals surface area contributed by atoms with Gasteiger partial charge in [-0.05, 0) is 88.3 Å². The van der Waals surface area contributed by atoms with E-state index in [1.54, 1.807) is 11.8 Å². The molecule has 2 saturated heterocycles. The normalized spacial score (nSPS) is 27.4. The summed E-state index contributed by atoms with van der Waals surface area (Å²) in [4.78, 5) is 25.1. The van der Waals surface area contributed by atoms with E-state index in [1.807, 2.05) is 42.7 Å². The van der Waals surface area contributed by atoms with Crippen molar-refractivity contribution in [2.24, 2.45) is 5.92 Å². The van der Waals surface area contributed by atoms with Gasteiger partial charge in [0.2, 0.25) is 0 Å². The smallest absolute Gasteiger partial charge is 0.303 e. The van der Waals surface area contributed by atoms with Gasteiger partial charge in [0.05, 0.1) is 24.7 Å². The molecule has 0 aromatic heterocycles. The van der Waals surface area contributed by atoms with Crippen LogP contribution >= 0.6 is 11.8 Å². The third-order valence-corrected chi connectivity index (χ3v) is 8.56.